The van der Waals surface area contributed by atoms with Gasteiger partial charge in [0.25, 0.3) is 0 Å². The smallest absolute Gasteiger partial charge is 0.0784 e. The van der Waals surface area contributed by atoms with Crippen molar-refractivity contribution >= 4 is 0 Å². The van der Waals surface area contributed by atoms with E-state index in [2.05, 4.69) is 19.1 Å². The molecule has 68 valence electrons. The van der Waals surface area contributed by atoms with Crippen LogP contribution >= 0.6 is 0 Å². The normalized spacial score (nSPS) is 39.9. The van der Waals surface area contributed by atoms with E-state index in [0.717, 1.165) is 18.4 Å². The zero-order chi connectivity index (χ0) is 8.39. The summed E-state index contributed by atoms with van der Waals surface area (Å²) in [5, 5.41) is 0. The molecule has 0 spiro atoms. The third-order valence-corrected chi connectivity index (χ3v) is 3.15. The quantitative estimate of drug-likeness (QED) is 0.573. The maximum absolute atomic E-state index is 5.68. The molecular formula is C11H18O. The summed E-state index contributed by atoms with van der Waals surface area (Å²) in [5.74, 6) is 1.70. The molecule has 2 aliphatic rings. The van der Waals surface area contributed by atoms with Gasteiger partial charge in [0.15, 0.2) is 0 Å². The topological polar surface area (TPSA) is 9.23 Å². The van der Waals surface area contributed by atoms with Crippen LogP contribution in [0.2, 0.25) is 0 Å². The van der Waals surface area contributed by atoms with Gasteiger partial charge in [0.2, 0.25) is 0 Å². The first-order valence-electron chi connectivity index (χ1n) is 5.20. The Morgan fingerprint density at radius 1 is 1.33 bits per heavy atom. The first-order chi connectivity index (χ1) is 5.90. The highest BCUT2D eigenvalue weighted by Crippen LogP contribution is 2.37. The number of hydrogen-bond donors (Lipinski definition) is 0. The maximum atomic E-state index is 5.68. The van der Waals surface area contributed by atoms with Crippen molar-refractivity contribution in [3.63, 3.8) is 0 Å². The molecule has 12 heavy (non-hydrogen) atoms. The number of ether oxygens (including phenoxy) is 1. The van der Waals surface area contributed by atoms with Crippen LogP contribution in [0.25, 0.3) is 0 Å². The van der Waals surface area contributed by atoms with Crippen LogP contribution in [0.3, 0.4) is 0 Å². The Morgan fingerprint density at radius 3 is 3.08 bits per heavy atom. The van der Waals surface area contributed by atoms with Crippen LogP contribution in [-0.2, 0) is 4.74 Å². The molecule has 2 aliphatic carbocycles. The van der Waals surface area contributed by atoms with E-state index in [9.17, 15) is 0 Å². The summed E-state index contributed by atoms with van der Waals surface area (Å²) in [7, 11) is 0. The minimum absolute atomic E-state index is 0.437. The van der Waals surface area contributed by atoms with E-state index in [1.807, 2.05) is 0 Å². The molecule has 1 heteroatoms. The summed E-state index contributed by atoms with van der Waals surface area (Å²) in [6.07, 6.45) is 10.7. The van der Waals surface area contributed by atoms with Crippen LogP contribution in [0.5, 0.6) is 0 Å². The fraction of sp³-hybridized carbons (Fsp3) is 0.818. The Balaban J connectivity index is 2.01. The fourth-order valence-electron chi connectivity index (χ4n) is 2.55. The van der Waals surface area contributed by atoms with Gasteiger partial charge in [-0.1, -0.05) is 18.6 Å². The summed E-state index contributed by atoms with van der Waals surface area (Å²) in [5.41, 5.74) is 0. The van der Waals surface area contributed by atoms with Crippen LogP contribution in [0, 0.1) is 11.8 Å². The summed E-state index contributed by atoms with van der Waals surface area (Å²) in [6.45, 7) is 2.94. The van der Waals surface area contributed by atoms with E-state index in [1.165, 1.54) is 25.7 Å². The minimum atomic E-state index is 0.437. The van der Waals surface area contributed by atoms with Crippen LogP contribution in [0.1, 0.15) is 32.6 Å². The SMILES string of the molecule is CCOC1C=CC2CCCC1C2. The van der Waals surface area contributed by atoms with E-state index < -0.39 is 0 Å². The Kier molecular flexibility index (Phi) is 2.50. The zero-order valence-electron chi connectivity index (χ0n) is 7.83. The molecule has 0 saturated heterocycles. The van der Waals surface area contributed by atoms with Crippen molar-refractivity contribution in [1.29, 1.82) is 0 Å². The molecule has 0 aromatic carbocycles. The van der Waals surface area contributed by atoms with Crippen LogP contribution in [0.15, 0.2) is 12.2 Å². The molecule has 1 fully saturated rings. The molecule has 2 bridgehead atoms. The Morgan fingerprint density at radius 2 is 2.25 bits per heavy atom. The highest BCUT2D eigenvalue weighted by atomic mass is 16.5. The molecule has 0 amide bonds. The number of allylic oxidation sites excluding steroid dienone is 1. The van der Waals surface area contributed by atoms with Crippen molar-refractivity contribution in [3.05, 3.63) is 12.2 Å². The minimum Gasteiger partial charge on any atom is -0.374 e. The second-order valence-electron chi connectivity index (χ2n) is 3.99. The van der Waals surface area contributed by atoms with Gasteiger partial charge < -0.3 is 4.74 Å². The Hall–Kier alpha value is -0.300. The molecular weight excluding hydrogens is 148 g/mol. The van der Waals surface area contributed by atoms with Gasteiger partial charge in [-0.15, -0.1) is 0 Å². The third-order valence-electron chi connectivity index (χ3n) is 3.15. The van der Waals surface area contributed by atoms with Gasteiger partial charge in [-0.2, -0.15) is 0 Å². The molecule has 1 nitrogen and oxygen atoms in total. The van der Waals surface area contributed by atoms with Gasteiger partial charge in [-0.05, 0) is 38.0 Å². The molecule has 3 unspecified atom stereocenters. The van der Waals surface area contributed by atoms with Crippen molar-refractivity contribution in [2.24, 2.45) is 11.8 Å². The Labute approximate surface area is 74.8 Å². The Bertz CT molecular complexity index is 174. The lowest BCUT2D eigenvalue weighted by atomic mass is 9.75. The van der Waals surface area contributed by atoms with E-state index >= 15 is 0 Å². The van der Waals surface area contributed by atoms with Crippen LogP contribution in [0.4, 0.5) is 0 Å². The lowest BCUT2D eigenvalue weighted by Crippen LogP contribution is -2.30. The molecule has 2 rings (SSSR count). The average Bonchev–Trinajstić information content (AvgIpc) is 2.11. The number of rotatable bonds is 2. The molecule has 0 aromatic heterocycles. The molecule has 0 aliphatic heterocycles. The zero-order valence-corrected chi connectivity index (χ0v) is 7.83. The first kappa shape index (κ1) is 8.31. The van der Waals surface area contributed by atoms with Gasteiger partial charge in [0.1, 0.15) is 0 Å². The van der Waals surface area contributed by atoms with E-state index in [0.29, 0.717) is 6.10 Å². The predicted molar refractivity (Wildman–Crippen MR) is 50.0 cm³/mol. The standard InChI is InChI=1S/C11H18O/c1-2-12-11-7-6-9-4-3-5-10(11)8-9/h6-7,9-11H,2-5,8H2,1H3. The second-order valence-corrected chi connectivity index (χ2v) is 3.99. The largest absolute Gasteiger partial charge is 0.374 e. The number of hydrogen-bond acceptors (Lipinski definition) is 1. The lowest BCUT2D eigenvalue weighted by molar-refractivity contribution is 0.0268. The highest BCUT2D eigenvalue weighted by Gasteiger charge is 2.29. The molecule has 0 heterocycles. The monoisotopic (exact) mass is 166 g/mol. The molecule has 3 atom stereocenters. The lowest BCUT2D eigenvalue weighted by Gasteiger charge is -2.35. The summed E-state index contributed by atoms with van der Waals surface area (Å²) >= 11 is 0. The van der Waals surface area contributed by atoms with E-state index in [4.69, 9.17) is 4.74 Å². The maximum Gasteiger partial charge on any atom is 0.0784 e. The van der Waals surface area contributed by atoms with Crippen molar-refractivity contribution in [1.82, 2.24) is 0 Å². The average molecular weight is 166 g/mol. The third kappa shape index (κ3) is 1.56. The second kappa shape index (κ2) is 3.61. The van der Waals surface area contributed by atoms with Crippen molar-refractivity contribution < 1.29 is 4.74 Å². The highest BCUT2D eigenvalue weighted by molar-refractivity contribution is 5.04. The summed E-state index contributed by atoms with van der Waals surface area (Å²) in [6, 6.07) is 0. The predicted octanol–water partition coefficient (Wildman–Crippen LogP) is 2.77. The van der Waals surface area contributed by atoms with E-state index in [1.54, 1.807) is 0 Å². The van der Waals surface area contributed by atoms with Gasteiger partial charge in [0.05, 0.1) is 6.10 Å². The van der Waals surface area contributed by atoms with Gasteiger partial charge in [-0.3, -0.25) is 0 Å². The molecule has 0 N–H and O–H groups in total. The van der Waals surface area contributed by atoms with Gasteiger partial charge in [-0.25, -0.2) is 0 Å². The van der Waals surface area contributed by atoms with Crippen molar-refractivity contribution in [3.8, 4) is 0 Å². The van der Waals surface area contributed by atoms with Crippen molar-refractivity contribution in [2.45, 2.75) is 38.7 Å². The van der Waals surface area contributed by atoms with Crippen LogP contribution < -0.4 is 0 Å². The first-order valence-corrected chi connectivity index (χ1v) is 5.20. The summed E-state index contributed by atoms with van der Waals surface area (Å²) in [4.78, 5) is 0. The molecule has 0 radical (unpaired) electrons. The van der Waals surface area contributed by atoms with E-state index in [-0.39, 0.29) is 0 Å². The fourth-order valence-corrected chi connectivity index (χ4v) is 2.55. The summed E-state index contributed by atoms with van der Waals surface area (Å²) < 4.78 is 5.68. The van der Waals surface area contributed by atoms with Crippen molar-refractivity contribution in [2.75, 3.05) is 6.61 Å². The van der Waals surface area contributed by atoms with Gasteiger partial charge in [0, 0.05) is 6.61 Å². The van der Waals surface area contributed by atoms with Crippen LogP contribution in [-0.4, -0.2) is 12.7 Å². The van der Waals surface area contributed by atoms with Gasteiger partial charge >= 0.3 is 0 Å². The number of fused-ring (bicyclic) bond motifs is 2. The molecule has 0 aromatic rings. The molecule has 1 saturated carbocycles.